The molecule has 204 valence electrons. The highest BCUT2D eigenvalue weighted by Crippen LogP contribution is 2.42. The number of alkyl halides is 1. The lowest BCUT2D eigenvalue weighted by Gasteiger charge is -2.29. The van der Waals surface area contributed by atoms with Crippen LogP contribution in [-0.4, -0.2) is 46.8 Å². The standard InChI is InChI=1S/C28H31FN6O3S/c1-16-34-35-27(38-16)24-9-8-21(14-31-24)33-20-7-6-18-10-19-13-30-25(17-4-5-17)12-23(19)26(22(18)11-20)39(36,37)32-15-28(2,3)29/h8-10,12-14,17,20,32-33H,4-7,11,15H2,1-3H3. The van der Waals surface area contributed by atoms with Crippen molar-refractivity contribution in [3.63, 3.8) is 0 Å². The SMILES string of the molecule is Cc1nnc(-c2ccc(NC3CCc4cc5cnc(C6CC6)cc5c(S(=O)(=O)NCC(C)(C)F)c4C3)cn2)o1. The number of halogens is 1. The second-order valence-electron chi connectivity index (χ2n) is 11.1. The summed E-state index contributed by atoms with van der Waals surface area (Å²) in [7, 11) is -4.00. The summed E-state index contributed by atoms with van der Waals surface area (Å²) < 4.78 is 49.8. The predicted octanol–water partition coefficient (Wildman–Crippen LogP) is 4.86. The molecule has 0 spiro atoms. The van der Waals surface area contributed by atoms with Gasteiger partial charge in [0.15, 0.2) is 0 Å². The van der Waals surface area contributed by atoms with Gasteiger partial charge in [-0.05, 0) is 81.3 Å². The Balaban J connectivity index is 1.34. The van der Waals surface area contributed by atoms with E-state index < -0.39 is 15.7 Å². The van der Waals surface area contributed by atoms with E-state index in [1.807, 2.05) is 18.2 Å². The number of benzene rings is 1. The summed E-state index contributed by atoms with van der Waals surface area (Å²) in [5.41, 5.74) is 2.39. The van der Waals surface area contributed by atoms with Gasteiger partial charge < -0.3 is 9.73 Å². The highest BCUT2D eigenvalue weighted by atomic mass is 32.2. The Labute approximate surface area is 226 Å². The predicted molar refractivity (Wildman–Crippen MR) is 146 cm³/mol. The fourth-order valence-electron chi connectivity index (χ4n) is 5.11. The lowest BCUT2D eigenvalue weighted by atomic mass is 9.86. The zero-order valence-electron chi connectivity index (χ0n) is 22.2. The van der Waals surface area contributed by atoms with Crippen LogP contribution < -0.4 is 10.0 Å². The monoisotopic (exact) mass is 550 g/mol. The first kappa shape index (κ1) is 25.8. The number of hydrogen-bond donors (Lipinski definition) is 2. The van der Waals surface area contributed by atoms with E-state index in [9.17, 15) is 12.8 Å². The second kappa shape index (κ2) is 9.63. The summed E-state index contributed by atoms with van der Waals surface area (Å²) in [5, 5.41) is 12.8. The number of sulfonamides is 1. The van der Waals surface area contributed by atoms with Gasteiger partial charge >= 0.3 is 0 Å². The lowest BCUT2D eigenvalue weighted by molar-refractivity contribution is 0.221. The van der Waals surface area contributed by atoms with Crippen molar-refractivity contribution in [1.82, 2.24) is 24.9 Å². The number of aromatic nitrogens is 4. The van der Waals surface area contributed by atoms with E-state index in [1.165, 1.54) is 13.8 Å². The molecule has 0 amide bonds. The van der Waals surface area contributed by atoms with Gasteiger partial charge in [0.25, 0.3) is 5.89 Å². The smallest absolute Gasteiger partial charge is 0.266 e. The minimum absolute atomic E-state index is 0.00967. The summed E-state index contributed by atoms with van der Waals surface area (Å²) in [4.78, 5) is 9.31. The lowest BCUT2D eigenvalue weighted by Crippen LogP contribution is -2.37. The third kappa shape index (κ3) is 5.51. The number of nitrogens with zero attached hydrogens (tertiary/aromatic N) is 4. The first-order valence-electron chi connectivity index (χ1n) is 13.2. The quantitative estimate of drug-likeness (QED) is 0.319. The molecule has 1 atom stereocenters. The van der Waals surface area contributed by atoms with Crippen LogP contribution in [0.5, 0.6) is 0 Å². The average molecular weight is 551 g/mol. The third-order valence-corrected chi connectivity index (χ3v) is 8.76. The van der Waals surface area contributed by atoms with Crippen molar-refractivity contribution in [2.45, 2.75) is 75.4 Å². The number of pyridine rings is 2. The number of hydrogen-bond acceptors (Lipinski definition) is 8. The minimum atomic E-state index is -4.00. The molecule has 0 bridgehead atoms. The summed E-state index contributed by atoms with van der Waals surface area (Å²) in [6.07, 6.45) is 7.64. The first-order valence-corrected chi connectivity index (χ1v) is 14.7. The van der Waals surface area contributed by atoms with Gasteiger partial charge in [0.05, 0.1) is 16.8 Å². The van der Waals surface area contributed by atoms with E-state index in [-0.39, 0.29) is 17.5 Å². The van der Waals surface area contributed by atoms with Crippen LogP contribution in [0.3, 0.4) is 0 Å². The maximum atomic E-state index is 14.3. The average Bonchev–Trinajstić information content (AvgIpc) is 3.66. The van der Waals surface area contributed by atoms with Crippen LogP contribution in [0, 0.1) is 6.92 Å². The molecule has 11 heteroatoms. The molecule has 2 N–H and O–H groups in total. The van der Waals surface area contributed by atoms with Gasteiger partial charge in [0.2, 0.25) is 15.9 Å². The Kier molecular flexibility index (Phi) is 6.38. The molecule has 3 aromatic heterocycles. The van der Waals surface area contributed by atoms with Gasteiger partial charge in [-0.15, -0.1) is 10.2 Å². The van der Waals surface area contributed by atoms with E-state index in [2.05, 4.69) is 36.3 Å². The van der Waals surface area contributed by atoms with E-state index in [0.29, 0.717) is 41.6 Å². The van der Waals surface area contributed by atoms with Gasteiger partial charge in [0, 0.05) is 48.1 Å². The minimum Gasteiger partial charge on any atom is -0.420 e. The Hall–Kier alpha value is -3.44. The summed E-state index contributed by atoms with van der Waals surface area (Å²) >= 11 is 0. The van der Waals surface area contributed by atoms with Crippen molar-refractivity contribution in [3.05, 3.63) is 59.4 Å². The number of rotatable bonds is 8. The van der Waals surface area contributed by atoms with Crippen LogP contribution in [0.4, 0.5) is 10.1 Å². The largest absolute Gasteiger partial charge is 0.420 e. The Morgan fingerprint density at radius 3 is 2.59 bits per heavy atom. The molecule has 9 nitrogen and oxygen atoms in total. The van der Waals surface area contributed by atoms with Gasteiger partial charge in [0.1, 0.15) is 11.4 Å². The van der Waals surface area contributed by atoms with Crippen molar-refractivity contribution in [2.75, 3.05) is 11.9 Å². The van der Waals surface area contributed by atoms with E-state index in [4.69, 9.17) is 4.42 Å². The topological polar surface area (TPSA) is 123 Å². The number of anilines is 1. The van der Waals surface area contributed by atoms with E-state index in [0.717, 1.165) is 47.2 Å². The van der Waals surface area contributed by atoms with Crippen molar-refractivity contribution >= 4 is 26.5 Å². The van der Waals surface area contributed by atoms with Crippen molar-refractivity contribution in [1.29, 1.82) is 0 Å². The Bertz CT molecular complexity index is 1640. The molecule has 39 heavy (non-hydrogen) atoms. The normalized spacial score (nSPS) is 17.8. The molecule has 1 saturated carbocycles. The van der Waals surface area contributed by atoms with Crippen LogP contribution in [0.2, 0.25) is 0 Å². The van der Waals surface area contributed by atoms with E-state index >= 15 is 0 Å². The molecule has 3 heterocycles. The fraction of sp³-hybridized carbons (Fsp3) is 0.429. The molecule has 0 aliphatic heterocycles. The zero-order valence-corrected chi connectivity index (χ0v) is 23.0. The maximum Gasteiger partial charge on any atom is 0.266 e. The van der Waals surface area contributed by atoms with Crippen molar-refractivity contribution in [3.8, 4) is 11.6 Å². The van der Waals surface area contributed by atoms with Crippen molar-refractivity contribution < 1.29 is 17.2 Å². The first-order chi connectivity index (χ1) is 18.6. The number of fused-ring (bicyclic) bond motifs is 2. The summed E-state index contributed by atoms with van der Waals surface area (Å²) in [5.74, 6) is 1.20. The van der Waals surface area contributed by atoms with Gasteiger partial charge in [-0.25, -0.2) is 22.5 Å². The summed E-state index contributed by atoms with van der Waals surface area (Å²) in [6, 6.07) is 7.68. The van der Waals surface area contributed by atoms with Crippen LogP contribution in [0.15, 0.2) is 46.0 Å². The summed E-state index contributed by atoms with van der Waals surface area (Å²) in [6.45, 7) is 4.15. The fourth-order valence-corrected chi connectivity index (χ4v) is 6.80. The molecular formula is C28H31FN6O3S. The maximum absolute atomic E-state index is 14.3. The Morgan fingerprint density at radius 1 is 1.10 bits per heavy atom. The molecule has 1 fully saturated rings. The van der Waals surface area contributed by atoms with Gasteiger partial charge in [-0.1, -0.05) is 0 Å². The molecule has 2 aliphatic rings. The number of aryl methyl sites for hydroxylation is 2. The highest BCUT2D eigenvalue weighted by molar-refractivity contribution is 7.89. The van der Waals surface area contributed by atoms with Crippen LogP contribution >= 0.6 is 0 Å². The molecule has 4 aromatic rings. The van der Waals surface area contributed by atoms with Crippen molar-refractivity contribution in [2.24, 2.45) is 0 Å². The van der Waals surface area contributed by atoms with Crippen LogP contribution in [0.1, 0.15) is 61.7 Å². The molecule has 0 saturated heterocycles. The number of nitrogens with one attached hydrogen (secondary N) is 2. The zero-order chi connectivity index (χ0) is 27.4. The Morgan fingerprint density at radius 2 is 1.92 bits per heavy atom. The third-order valence-electron chi connectivity index (χ3n) is 7.23. The van der Waals surface area contributed by atoms with Crippen LogP contribution in [0.25, 0.3) is 22.4 Å². The molecule has 0 radical (unpaired) electrons. The molecule has 1 aromatic carbocycles. The second-order valence-corrected chi connectivity index (χ2v) is 12.8. The molecule has 1 unspecified atom stereocenters. The highest BCUT2D eigenvalue weighted by Gasteiger charge is 2.32. The van der Waals surface area contributed by atoms with Gasteiger partial charge in [-0.3, -0.25) is 4.98 Å². The van der Waals surface area contributed by atoms with E-state index in [1.54, 1.807) is 19.3 Å². The molecule has 6 rings (SSSR count). The van der Waals surface area contributed by atoms with Gasteiger partial charge in [-0.2, -0.15) is 0 Å². The van der Waals surface area contributed by atoms with Crippen LogP contribution in [-0.2, 0) is 22.9 Å². The molecule has 2 aliphatic carbocycles. The molecular weight excluding hydrogens is 519 g/mol.